The average Bonchev–Trinajstić information content (AvgIpc) is 2.77. The van der Waals surface area contributed by atoms with Gasteiger partial charge in [0, 0.05) is 22.2 Å². The SMILES string of the molecule is CC(C)CC1(C(=O)[O-])C=C(Nc2cc(S(=O)(=O)O)c(N)c3c2C(=O)c2ccccc2C3=O)C=CC1.[Na+]. The molecule has 1 atom stereocenters. The Balaban J connectivity index is 0.00000361. The maximum absolute atomic E-state index is 13.4. The molecule has 182 valence electrons. The summed E-state index contributed by atoms with van der Waals surface area (Å²) in [7, 11) is -4.87. The van der Waals surface area contributed by atoms with Crippen LogP contribution in [0.25, 0.3) is 0 Å². The largest absolute Gasteiger partial charge is 1.00 e. The van der Waals surface area contributed by atoms with E-state index in [1.165, 1.54) is 18.2 Å². The van der Waals surface area contributed by atoms with E-state index in [9.17, 15) is 32.5 Å². The fraction of sp³-hybridized carbons (Fsp3) is 0.240. The van der Waals surface area contributed by atoms with Gasteiger partial charge >= 0.3 is 29.6 Å². The first-order valence-electron chi connectivity index (χ1n) is 10.9. The Kier molecular flexibility index (Phi) is 7.69. The number of nitrogens with two attached hydrogens (primary N) is 1. The Morgan fingerprint density at radius 1 is 1.17 bits per heavy atom. The van der Waals surface area contributed by atoms with Crippen LogP contribution in [-0.2, 0) is 14.9 Å². The van der Waals surface area contributed by atoms with Crippen LogP contribution in [0.15, 0.2) is 59.2 Å². The Hall–Kier alpha value is -2.76. The third kappa shape index (κ3) is 4.79. The molecule has 9 nitrogen and oxygen atoms in total. The first-order valence-corrected chi connectivity index (χ1v) is 12.3. The predicted molar refractivity (Wildman–Crippen MR) is 126 cm³/mol. The van der Waals surface area contributed by atoms with Crippen molar-refractivity contribution in [1.29, 1.82) is 0 Å². The molecule has 0 fully saturated rings. The quantitative estimate of drug-likeness (QED) is 0.218. The summed E-state index contributed by atoms with van der Waals surface area (Å²) < 4.78 is 33.9. The Morgan fingerprint density at radius 2 is 1.75 bits per heavy atom. The van der Waals surface area contributed by atoms with Crippen LogP contribution >= 0.6 is 0 Å². The Labute approximate surface area is 230 Å². The number of ketones is 2. The number of anilines is 2. The number of allylic oxidation sites excluding steroid dienone is 2. The number of fused-ring (bicyclic) bond motifs is 2. The summed E-state index contributed by atoms with van der Waals surface area (Å²) in [5.41, 5.74) is 3.93. The van der Waals surface area contributed by atoms with Crippen LogP contribution in [0.5, 0.6) is 0 Å². The summed E-state index contributed by atoms with van der Waals surface area (Å²) in [6, 6.07) is 7.01. The average molecular weight is 519 g/mol. The van der Waals surface area contributed by atoms with Crippen molar-refractivity contribution in [2.75, 3.05) is 11.1 Å². The summed E-state index contributed by atoms with van der Waals surface area (Å²) in [6.45, 7) is 3.75. The number of rotatable bonds is 6. The van der Waals surface area contributed by atoms with E-state index in [0.717, 1.165) is 6.07 Å². The standard InChI is InChI=1S/C25H24N2O7S.Na/c1-13(2)11-25(24(30)31)9-5-6-14(12-25)27-17-10-18(35(32,33)34)21(26)20-19(17)22(28)15-7-3-4-8-16(15)23(20)29;/h3-8,10,12-13,27H,9,11,26H2,1-2H3,(H,30,31)(H,32,33,34);/q;+1/p-1. The predicted octanol–water partition coefficient (Wildman–Crippen LogP) is -0.667. The molecule has 2 aliphatic carbocycles. The van der Waals surface area contributed by atoms with Crippen molar-refractivity contribution in [2.24, 2.45) is 11.3 Å². The fourth-order valence-electron chi connectivity index (χ4n) is 4.74. The van der Waals surface area contributed by atoms with Gasteiger partial charge in [-0.25, -0.2) is 0 Å². The maximum Gasteiger partial charge on any atom is 1.00 e. The van der Waals surface area contributed by atoms with Crippen LogP contribution in [0.2, 0.25) is 0 Å². The second kappa shape index (κ2) is 9.95. The maximum atomic E-state index is 13.4. The van der Waals surface area contributed by atoms with Gasteiger partial charge in [0.25, 0.3) is 10.1 Å². The van der Waals surface area contributed by atoms with E-state index >= 15 is 0 Å². The molecule has 0 spiro atoms. The van der Waals surface area contributed by atoms with E-state index in [4.69, 9.17) is 5.73 Å². The van der Waals surface area contributed by atoms with Crippen molar-refractivity contribution in [3.05, 3.63) is 76.5 Å². The number of carboxylic acid groups (broad SMARTS) is 1. The van der Waals surface area contributed by atoms with Crippen molar-refractivity contribution in [1.82, 2.24) is 0 Å². The summed E-state index contributed by atoms with van der Waals surface area (Å²) >= 11 is 0. The molecular weight excluding hydrogens is 495 g/mol. The van der Waals surface area contributed by atoms with Crippen molar-refractivity contribution in [2.45, 2.75) is 31.6 Å². The van der Waals surface area contributed by atoms with Gasteiger partial charge in [0.05, 0.1) is 28.5 Å². The van der Waals surface area contributed by atoms with Gasteiger partial charge in [0.2, 0.25) is 0 Å². The molecule has 4 rings (SSSR count). The molecular formula is C25H23N2NaO7S. The van der Waals surface area contributed by atoms with Gasteiger partial charge in [-0.15, -0.1) is 0 Å². The number of hydrogen-bond acceptors (Lipinski definition) is 8. The number of carbonyl (C=O) groups is 3. The minimum absolute atomic E-state index is 0. The van der Waals surface area contributed by atoms with Crippen LogP contribution in [0.1, 0.15) is 58.5 Å². The van der Waals surface area contributed by atoms with E-state index in [0.29, 0.717) is 0 Å². The van der Waals surface area contributed by atoms with Gasteiger partial charge in [-0.3, -0.25) is 14.1 Å². The van der Waals surface area contributed by atoms with Crippen molar-refractivity contribution >= 4 is 39.0 Å². The summed E-state index contributed by atoms with van der Waals surface area (Å²) in [6.07, 6.45) is 5.16. The fourth-order valence-corrected chi connectivity index (χ4v) is 5.38. The molecule has 11 heteroatoms. The molecule has 0 saturated heterocycles. The minimum Gasteiger partial charge on any atom is -0.549 e. The van der Waals surface area contributed by atoms with Crippen molar-refractivity contribution < 1.29 is 62.0 Å². The van der Waals surface area contributed by atoms with Gasteiger partial charge in [0.15, 0.2) is 11.6 Å². The Morgan fingerprint density at radius 3 is 2.28 bits per heavy atom. The molecule has 0 amide bonds. The van der Waals surface area contributed by atoms with Crippen molar-refractivity contribution in [3.63, 3.8) is 0 Å². The molecule has 36 heavy (non-hydrogen) atoms. The normalized spacial score (nSPS) is 18.7. The molecule has 2 aromatic rings. The van der Waals surface area contributed by atoms with E-state index in [-0.39, 0.29) is 82.0 Å². The molecule has 4 N–H and O–H groups in total. The molecule has 0 heterocycles. The second-order valence-electron chi connectivity index (χ2n) is 9.14. The summed E-state index contributed by atoms with van der Waals surface area (Å²) in [5, 5.41) is 15.0. The molecule has 0 aromatic heterocycles. The van der Waals surface area contributed by atoms with E-state index in [1.807, 2.05) is 13.8 Å². The first kappa shape index (κ1) is 27.8. The molecule has 2 aromatic carbocycles. The molecule has 1 unspecified atom stereocenters. The second-order valence-corrected chi connectivity index (χ2v) is 10.5. The minimum atomic E-state index is -4.87. The van der Waals surface area contributed by atoms with E-state index in [2.05, 4.69) is 5.32 Å². The third-order valence-electron chi connectivity index (χ3n) is 6.15. The van der Waals surface area contributed by atoms with Crippen LogP contribution in [0.3, 0.4) is 0 Å². The van der Waals surface area contributed by atoms with E-state index < -0.39 is 43.7 Å². The number of benzene rings is 2. The first-order chi connectivity index (χ1) is 16.4. The van der Waals surface area contributed by atoms with Gasteiger partial charge in [-0.2, -0.15) is 8.42 Å². The molecule has 0 aliphatic heterocycles. The van der Waals surface area contributed by atoms with Gasteiger partial charge in [-0.05, 0) is 37.0 Å². The molecule has 0 saturated carbocycles. The van der Waals surface area contributed by atoms with Gasteiger partial charge in [0.1, 0.15) is 4.90 Å². The number of nitrogens with one attached hydrogen (secondary N) is 1. The molecule has 2 aliphatic rings. The molecule has 0 radical (unpaired) electrons. The van der Waals surface area contributed by atoms with Gasteiger partial charge in [-0.1, -0.05) is 44.2 Å². The number of aliphatic carboxylic acids is 1. The number of hydrogen-bond donors (Lipinski definition) is 3. The summed E-state index contributed by atoms with van der Waals surface area (Å²) in [4.78, 5) is 38.0. The zero-order valence-electron chi connectivity index (χ0n) is 20.0. The van der Waals surface area contributed by atoms with Crippen LogP contribution < -0.4 is 45.7 Å². The van der Waals surface area contributed by atoms with Crippen LogP contribution in [-0.4, -0.2) is 30.5 Å². The van der Waals surface area contributed by atoms with Crippen molar-refractivity contribution in [3.8, 4) is 0 Å². The third-order valence-corrected chi connectivity index (χ3v) is 7.04. The molecule has 0 bridgehead atoms. The smallest absolute Gasteiger partial charge is 0.549 e. The Bertz CT molecular complexity index is 1460. The number of carbonyl (C=O) groups excluding carboxylic acids is 3. The zero-order valence-corrected chi connectivity index (χ0v) is 22.8. The number of carboxylic acids is 1. The van der Waals surface area contributed by atoms with E-state index in [1.54, 1.807) is 24.3 Å². The van der Waals surface area contributed by atoms with Crippen LogP contribution in [0.4, 0.5) is 11.4 Å². The van der Waals surface area contributed by atoms with Crippen LogP contribution in [0, 0.1) is 11.3 Å². The van der Waals surface area contributed by atoms with Gasteiger partial charge < -0.3 is 21.0 Å². The zero-order chi connectivity index (χ0) is 25.7. The topological polar surface area (TPSA) is 167 Å². The monoisotopic (exact) mass is 518 g/mol. The number of nitrogen functional groups attached to an aromatic ring is 1. The summed E-state index contributed by atoms with van der Waals surface area (Å²) in [5.74, 6) is -2.48.